The number of nitro groups is 1. The predicted octanol–water partition coefficient (Wildman–Crippen LogP) is -1.57. The third-order valence-corrected chi connectivity index (χ3v) is 1.99. The molecule has 0 aromatic heterocycles. The standard InChI is InChI=1S/C7H7NO4S.Na.H/c9-8(10)7-3-1-2-6(4-7)5-13(11)12;;/h1-4H,5H2,(H,11,12);;/q;+1;-1. The number of nitro benzene ring substituents is 1. The maximum atomic E-state index is 10.4. The molecule has 7 heteroatoms. The topological polar surface area (TPSA) is 80.4 Å². The monoisotopic (exact) mass is 225 g/mol. The van der Waals surface area contributed by atoms with E-state index in [-0.39, 0.29) is 42.4 Å². The van der Waals surface area contributed by atoms with Crippen LogP contribution in [-0.2, 0) is 16.8 Å². The summed E-state index contributed by atoms with van der Waals surface area (Å²) in [5.41, 5.74) is 0.415. The van der Waals surface area contributed by atoms with Crippen LogP contribution in [0.25, 0.3) is 0 Å². The van der Waals surface area contributed by atoms with Gasteiger partial charge in [-0.1, -0.05) is 12.1 Å². The molecule has 0 fully saturated rings. The Hall–Kier alpha value is -0.270. The normalized spacial score (nSPS) is 11.5. The molecule has 0 aliphatic rings. The molecule has 5 nitrogen and oxygen atoms in total. The molecule has 0 bridgehead atoms. The number of benzene rings is 1. The van der Waals surface area contributed by atoms with Gasteiger partial charge >= 0.3 is 29.6 Å². The minimum atomic E-state index is -1.96. The molecule has 0 spiro atoms. The molecular weight excluding hydrogens is 217 g/mol. The van der Waals surface area contributed by atoms with E-state index in [2.05, 4.69) is 0 Å². The summed E-state index contributed by atoms with van der Waals surface area (Å²) in [4.78, 5) is 9.77. The van der Waals surface area contributed by atoms with Crippen LogP contribution in [0, 0.1) is 10.1 Å². The van der Waals surface area contributed by atoms with Gasteiger partial charge in [0.25, 0.3) is 5.69 Å². The zero-order chi connectivity index (χ0) is 9.84. The molecule has 1 N–H and O–H groups in total. The molecule has 14 heavy (non-hydrogen) atoms. The van der Waals surface area contributed by atoms with Crippen LogP contribution in [0.2, 0.25) is 0 Å². The first-order valence-electron chi connectivity index (χ1n) is 3.40. The molecule has 0 aliphatic carbocycles. The van der Waals surface area contributed by atoms with Crippen LogP contribution in [0.15, 0.2) is 24.3 Å². The van der Waals surface area contributed by atoms with E-state index in [9.17, 15) is 14.3 Å². The third kappa shape index (κ3) is 4.30. The number of hydrogen-bond acceptors (Lipinski definition) is 3. The minimum absolute atomic E-state index is 0. The first kappa shape index (κ1) is 13.7. The van der Waals surface area contributed by atoms with Crippen molar-refractivity contribution in [2.24, 2.45) is 0 Å². The smallest absolute Gasteiger partial charge is 1.00 e. The summed E-state index contributed by atoms with van der Waals surface area (Å²) < 4.78 is 18.9. The van der Waals surface area contributed by atoms with Gasteiger partial charge in [-0.2, -0.15) is 0 Å². The van der Waals surface area contributed by atoms with Crippen LogP contribution < -0.4 is 29.6 Å². The first-order valence-corrected chi connectivity index (χ1v) is 4.68. The Balaban J connectivity index is 0. The van der Waals surface area contributed by atoms with Gasteiger partial charge in [-0.15, -0.1) is 0 Å². The minimum Gasteiger partial charge on any atom is -1.00 e. The molecule has 1 aromatic carbocycles. The maximum absolute atomic E-state index is 10.4. The van der Waals surface area contributed by atoms with Crippen molar-refractivity contribution in [3.63, 3.8) is 0 Å². The van der Waals surface area contributed by atoms with E-state index in [0.29, 0.717) is 5.56 Å². The second-order valence-electron chi connectivity index (χ2n) is 2.39. The van der Waals surface area contributed by atoms with E-state index in [1.165, 1.54) is 18.2 Å². The van der Waals surface area contributed by atoms with Gasteiger partial charge < -0.3 is 5.98 Å². The number of hydrogen-bond donors (Lipinski definition) is 1. The average molecular weight is 225 g/mol. The number of rotatable bonds is 3. The van der Waals surface area contributed by atoms with Gasteiger partial charge in [0.1, 0.15) is 0 Å². The van der Waals surface area contributed by atoms with E-state index in [4.69, 9.17) is 4.55 Å². The summed E-state index contributed by atoms with van der Waals surface area (Å²) in [6.45, 7) is 0. The molecular formula is C7H8NNaO4S. The predicted molar refractivity (Wildman–Crippen MR) is 48.7 cm³/mol. The van der Waals surface area contributed by atoms with Crippen molar-refractivity contribution in [2.45, 2.75) is 5.75 Å². The molecule has 1 rings (SSSR count). The maximum Gasteiger partial charge on any atom is 1.00 e. The molecule has 0 saturated heterocycles. The Bertz CT molecular complexity index is 363. The summed E-state index contributed by atoms with van der Waals surface area (Å²) in [6, 6.07) is 5.68. The van der Waals surface area contributed by atoms with Crippen molar-refractivity contribution in [1.82, 2.24) is 0 Å². The Labute approximate surface area is 107 Å². The van der Waals surface area contributed by atoms with Crippen LogP contribution in [0.1, 0.15) is 6.99 Å². The second-order valence-corrected chi connectivity index (χ2v) is 3.32. The van der Waals surface area contributed by atoms with E-state index >= 15 is 0 Å². The largest absolute Gasteiger partial charge is 1.00 e. The Morgan fingerprint density at radius 2 is 2.21 bits per heavy atom. The second kappa shape index (κ2) is 6.26. The third-order valence-electron chi connectivity index (χ3n) is 1.41. The molecule has 72 valence electrons. The van der Waals surface area contributed by atoms with Gasteiger partial charge in [0, 0.05) is 12.1 Å². The molecule has 1 aromatic rings. The van der Waals surface area contributed by atoms with Gasteiger partial charge in [0.05, 0.1) is 10.7 Å². The van der Waals surface area contributed by atoms with Crippen molar-refractivity contribution in [1.29, 1.82) is 0 Å². The molecule has 0 saturated carbocycles. The molecule has 1 unspecified atom stereocenters. The summed E-state index contributed by atoms with van der Waals surface area (Å²) in [5, 5.41) is 10.3. The van der Waals surface area contributed by atoms with Crippen molar-refractivity contribution < 1.29 is 44.7 Å². The van der Waals surface area contributed by atoms with E-state index < -0.39 is 16.0 Å². The van der Waals surface area contributed by atoms with Gasteiger partial charge in [-0.25, -0.2) is 4.21 Å². The zero-order valence-corrected chi connectivity index (χ0v) is 10.4. The van der Waals surface area contributed by atoms with Gasteiger partial charge in [-0.05, 0) is 5.56 Å². The zero-order valence-electron chi connectivity index (χ0n) is 8.54. The fourth-order valence-electron chi connectivity index (χ4n) is 0.902. The van der Waals surface area contributed by atoms with E-state index in [1.54, 1.807) is 6.07 Å². The van der Waals surface area contributed by atoms with Crippen molar-refractivity contribution in [3.05, 3.63) is 39.9 Å². The number of nitrogens with zero attached hydrogens (tertiary/aromatic N) is 1. The van der Waals surface area contributed by atoms with E-state index in [1.807, 2.05) is 0 Å². The summed E-state index contributed by atoms with van der Waals surface area (Å²) in [7, 11) is 0. The Kier molecular flexibility index (Phi) is 6.14. The van der Waals surface area contributed by atoms with Crippen LogP contribution in [0.4, 0.5) is 5.69 Å². The van der Waals surface area contributed by atoms with E-state index in [0.717, 1.165) is 0 Å². The average Bonchev–Trinajstić information content (AvgIpc) is 2.03. The van der Waals surface area contributed by atoms with Crippen molar-refractivity contribution >= 4 is 16.8 Å². The fourth-order valence-corrected chi connectivity index (χ4v) is 1.37. The Morgan fingerprint density at radius 1 is 1.57 bits per heavy atom. The molecule has 0 amide bonds. The van der Waals surface area contributed by atoms with Crippen molar-refractivity contribution in [2.75, 3.05) is 0 Å². The molecule has 1 atom stereocenters. The Morgan fingerprint density at radius 3 is 2.71 bits per heavy atom. The quantitative estimate of drug-likeness (QED) is 0.292. The number of non-ortho nitro benzene ring substituents is 1. The van der Waals surface area contributed by atoms with Crippen molar-refractivity contribution in [3.8, 4) is 0 Å². The molecule has 0 aliphatic heterocycles. The summed E-state index contributed by atoms with van der Waals surface area (Å²) in [6.07, 6.45) is 0. The van der Waals surface area contributed by atoms with Crippen LogP contribution in [-0.4, -0.2) is 13.7 Å². The molecule has 0 radical (unpaired) electrons. The summed E-state index contributed by atoms with van der Waals surface area (Å²) >= 11 is -1.96. The van der Waals surface area contributed by atoms with Gasteiger partial charge in [0.15, 0.2) is 11.1 Å². The summed E-state index contributed by atoms with van der Waals surface area (Å²) in [5.74, 6) is -0.0817. The fraction of sp³-hybridized carbons (Fsp3) is 0.143. The van der Waals surface area contributed by atoms with Crippen LogP contribution in [0.5, 0.6) is 0 Å². The SMILES string of the molecule is O=[N+]([O-])c1cccc(CS(=O)O)c1.[H-].[Na+]. The van der Waals surface area contributed by atoms with Gasteiger partial charge in [-0.3, -0.25) is 10.1 Å². The van der Waals surface area contributed by atoms with Crippen LogP contribution >= 0.6 is 0 Å². The molecule has 0 heterocycles. The first-order chi connectivity index (χ1) is 6.09. The van der Waals surface area contributed by atoms with Gasteiger partial charge in [0.2, 0.25) is 0 Å². The van der Waals surface area contributed by atoms with Crippen LogP contribution in [0.3, 0.4) is 0 Å².